The molecule has 2 heteroatoms. The molecule has 0 saturated heterocycles. The second-order valence-corrected chi connectivity index (χ2v) is 4.75. The van der Waals surface area contributed by atoms with Crippen LogP contribution < -0.4 is 10.5 Å². The van der Waals surface area contributed by atoms with Gasteiger partial charge in [0.05, 0.1) is 6.61 Å². The van der Waals surface area contributed by atoms with Gasteiger partial charge in [-0.15, -0.1) is 0 Å². The van der Waals surface area contributed by atoms with Crippen LogP contribution in [0, 0.1) is 0 Å². The van der Waals surface area contributed by atoms with Crippen LogP contribution in [0.1, 0.15) is 17.5 Å². The summed E-state index contributed by atoms with van der Waals surface area (Å²) in [6, 6.07) is 18.7. The lowest BCUT2D eigenvalue weighted by Gasteiger charge is -2.38. The van der Waals surface area contributed by atoms with Gasteiger partial charge in [0.1, 0.15) is 5.75 Å². The molecule has 2 aromatic carbocycles. The van der Waals surface area contributed by atoms with Crippen molar-refractivity contribution in [3.8, 4) is 5.75 Å². The van der Waals surface area contributed by atoms with Crippen molar-refractivity contribution in [2.75, 3.05) is 13.2 Å². The molecular weight excluding hydrogens is 222 g/mol. The Hall–Kier alpha value is -1.80. The fraction of sp³-hybridized carbons (Fsp3) is 0.250. The number of hydrogen-bond donors (Lipinski definition) is 1. The highest BCUT2D eigenvalue weighted by Crippen LogP contribution is 2.42. The maximum absolute atomic E-state index is 6.13. The maximum Gasteiger partial charge on any atom is 0.123 e. The molecule has 0 saturated carbocycles. The van der Waals surface area contributed by atoms with E-state index in [-0.39, 0.29) is 5.41 Å². The van der Waals surface area contributed by atoms with E-state index in [0.717, 1.165) is 18.8 Å². The SMILES string of the molecule is NCC1(c2ccccc2)CCOc2ccccc21. The minimum Gasteiger partial charge on any atom is -0.493 e. The van der Waals surface area contributed by atoms with Crippen LogP contribution in [0.2, 0.25) is 0 Å². The summed E-state index contributed by atoms with van der Waals surface area (Å²) < 4.78 is 5.75. The van der Waals surface area contributed by atoms with Crippen LogP contribution >= 0.6 is 0 Å². The molecule has 0 fully saturated rings. The normalized spacial score (nSPS) is 22.1. The highest BCUT2D eigenvalue weighted by Gasteiger charge is 2.37. The van der Waals surface area contributed by atoms with Crippen molar-refractivity contribution in [1.82, 2.24) is 0 Å². The Morgan fingerprint density at radius 3 is 2.50 bits per heavy atom. The lowest BCUT2D eigenvalue weighted by Crippen LogP contribution is -2.40. The smallest absolute Gasteiger partial charge is 0.123 e. The molecule has 0 aliphatic carbocycles. The van der Waals surface area contributed by atoms with E-state index in [4.69, 9.17) is 10.5 Å². The lowest BCUT2D eigenvalue weighted by molar-refractivity contribution is 0.238. The number of rotatable bonds is 2. The number of hydrogen-bond acceptors (Lipinski definition) is 2. The maximum atomic E-state index is 6.13. The van der Waals surface area contributed by atoms with Crippen LogP contribution in [0.3, 0.4) is 0 Å². The van der Waals surface area contributed by atoms with E-state index in [1.807, 2.05) is 18.2 Å². The van der Waals surface area contributed by atoms with Crippen LogP contribution in [-0.2, 0) is 5.41 Å². The van der Waals surface area contributed by atoms with Crippen LogP contribution in [0.5, 0.6) is 5.75 Å². The van der Waals surface area contributed by atoms with E-state index in [9.17, 15) is 0 Å². The topological polar surface area (TPSA) is 35.2 Å². The standard InChI is InChI=1S/C16H17NO/c17-12-16(13-6-2-1-3-7-13)10-11-18-15-9-5-4-8-14(15)16/h1-9H,10-12,17H2. The van der Waals surface area contributed by atoms with Crippen molar-refractivity contribution in [1.29, 1.82) is 0 Å². The molecule has 0 amide bonds. The molecule has 18 heavy (non-hydrogen) atoms. The van der Waals surface area contributed by atoms with Crippen molar-refractivity contribution >= 4 is 0 Å². The second kappa shape index (κ2) is 4.46. The highest BCUT2D eigenvalue weighted by molar-refractivity contribution is 5.49. The van der Waals surface area contributed by atoms with Gasteiger partial charge < -0.3 is 10.5 Å². The van der Waals surface area contributed by atoms with Crippen molar-refractivity contribution in [3.05, 3.63) is 65.7 Å². The van der Waals surface area contributed by atoms with Crippen LogP contribution in [0.25, 0.3) is 0 Å². The Morgan fingerprint density at radius 1 is 1.00 bits per heavy atom. The minimum atomic E-state index is -0.101. The molecule has 3 rings (SSSR count). The van der Waals surface area contributed by atoms with E-state index in [2.05, 4.69) is 36.4 Å². The average molecular weight is 239 g/mol. The molecule has 1 heterocycles. The highest BCUT2D eigenvalue weighted by atomic mass is 16.5. The molecule has 2 nitrogen and oxygen atoms in total. The summed E-state index contributed by atoms with van der Waals surface area (Å²) in [4.78, 5) is 0. The zero-order chi connectivity index (χ0) is 12.4. The number of nitrogens with two attached hydrogens (primary N) is 1. The van der Waals surface area contributed by atoms with Gasteiger partial charge >= 0.3 is 0 Å². The number of fused-ring (bicyclic) bond motifs is 1. The van der Waals surface area contributed by atoms with E-state index in [0.29, 0.717) is 6.54 Å². The Kier molecular flexibility index (Phi) is 2.80. The number of ether oxygens (including phenoxy) is 1. The third kappa shape index (κ3) is 1.61. The summed E-state index contributed by atoms with van der Waals surface area (Å²) in [5.74, 6) is 0.970. The Bertz CT molecular complexity index is 538. The zero-order valence-electron chi connectivity index (χ0n) is 10.3. The molecule has 1 aliphatic heterocycles. The fourth-order valence-corrected chi connectivity index (χ4v) is 2.84. The van der Waals surface area contributed by atoms with Gasteiger partial charge in [-0.25, -0.2) is 0 Å². The van der Waals surface area contributed by atoms with Gasteiger partial charge in [-0.2, -0.15) is 0 Å². The van der Waals surface area contributed by atoms with Gasteiger partial charge in [-0.1, -0.05) is 48.5 Å². The van der Waals surface area contributed by atoms with Gasteiger partial charge in [0.15, 0.2) is 0 Å². The lowest BCUT2D eigenvalue weighted by atomic mass is 9.71. The largest absolute Gasteiger partial charge is 0.493 e. The van der Waals surface area contributed by atoms with Crippen LogP contribution in [-0.4, -0.2) is 13.2 Å². The molecule has 92 valence electrons. The van der Waals surface area contributed by atoms with Gasteiger partial charge in [0.2, 0.25) is 0 Å². The molecule has 2 aromatic rings. The summed E-state index contributed by atoms with van der Waals surface area (Å²) in [7, 11) is 0. The van der Waals surface area contributed by atoms with Crippen molar-refractivity contribution in [3.63, 3.8) is 0 Å². The third-order valence-corrected chi connectivity index (χ3v) is 3.86. The molecule has 1 aliphatic rings. The predicted octanol–water partition coefficient (Wildman–Crippen LogP) is 2.71. The minimum absolute atomic E-state index is 0.101. The number of para-hydroxylation sites is 1. The Balaban J connectivity index is 2.19. The van der Waals surface area contributed by atoms with E-state index in [1.165, 1.54) is 11.1 Å². The molecule has 1 unspecified atom stereocenters. The summed E-state index contributed by atoms with van der Waals surface area (Å²) in [5.41, 5.74) is 8.52. The Labute approximate surface area is 107 Å². The molecule has 0 spiro atoms. The second-order valence-electron chi connectivity index (χ2n) is 4.75. The summed E-state index contributed by atoms with van der Waals surface area (Å²) in [6.45, 7) is 1.33. The van der Waals surface area contributed by atoms with Crippen LogP contribution in [0.4, 0.5) is 0 Å². The van der Waals surface area contributed by atoms with Gasteiger partial charge in [0, 0.05) is 17.5 Å². The van der Waals surface area contributed by atoms with Crippen molar-refractivity contribution in [2.24, 2.45) is 5.73 Å². The first-order chi connectivity index (χ1) is 8.87. The monoisotopic (exact) mass is 239 g/mol. The first kappa shape index (κ1) is 11.3. The summed E-state index contributed by atoms with van der Waals surface area (Å²) in [6.07, 6.45) is 0.935. The molecule has 0 bridgehead atoms. The Morgan fingerprint density at radius 2 is 1.72 bits per heavy atom. The first-order valence-electron chi connectivity index (χ1n) is 6.35. The third-order valence-electron chi connectivity index (χ3n) is 3.86. The summed E-state index contributed by atoms with van der Waals surface area (Å²) in [5, 5.41) is 0. The zero-order valence-corrected chi connectivity index (χ0v) is 10.3. The average Bonchev–Trinajstić information content (AvgIpc) is 2.47. The van der Waals surface area contributed by atoms with Gasteiger partial charge in [-0.05, 0) is 18.1 Å². The van der Waals surface area contributed by atoms with Gasteiger partial charge in [-0.3, -0.25) is 0 Å². The first-order valence-corrected chi connectivity index (χ1v) is 6.35. The van der Waals surface area contributed by atoms with E-state index < -0.39 is 0 Å². The van der Waals surface area contributed by atoms with Crippen molar-refractivity contribution < 1.29 is 4.74 Å². The predicted molar refractivity (Wildman–Crippen MR) is 72.8 cm³/mol. The summed E-state index contributed by atoms with van der Waals surface area (Å²) >= 11 is 0. The molecular formula is C16H17NO. The van der Waals surface area contributed by atoms with Crippen LogP contribution in [0.15, 0.2) is 54.6 Å². The molecule has 2 N–H and O–H groups in total. The van der Waals surface area contributed by atoms with Crippen molar-refractivity contribution in [2.45, 2.75) is 11.8 Å². The van der Waals surface area contributed by atoms with Gasteiger partial charge in [0.25, 0.3) is 0 Å². The van der Waals surface area contributed by atoms with E-state index in [1.54, 1.807) is 0 Å². The fourth-order valence-electron chi connectivity index (χ4n) is 2.84. The van der Waals surface area contributed by atoms with E-state index >= 15 is 0 Å². The molecule has 1 atom stereocenters. The molecule has 0 aromatic heterocycles. The quantitative estimate of drug-likeness (QED) is 0.874. The molecule has 0 radical (unpaired) electrons. The number of benzene rings is 2.